The van der Waals surface area contributed by atoms with E-state index >= 15 is 0 Å². The van der Waals surface area contributed by atoms with Crippen LogP contribution in [-0.4, -0.2) is 36.4 Å². The molecule has 0 radical (unpaired) electrons. The van der Waals surface area contributed by atoms with Crippen molar-refractivity contribution in [3.63, 3.8) is 0 Å². The van der Waals surface area contributed by atoms with E-state index in [1.54, 1.807) is 0 Å². The summed E-state index contributed by atoms with van der Waals surface area (Å²) in [5.74, 6) is -0.573. The van der Waals surface area contributed by atoms with Crippen molar-refractivity contribution in [1.82, 2.24) is 0 Å². The molecule has 0 bridgehead atoms. The Bertz CT molecular complexity index is 637. The van der Waals surface area contributed by atoms with Crippen molar-refractivity contribution in [3.05, 3.63) is 0 Å². The van der Waals surface area contributed by atoms with E-state index in [0.29, 0.717) is 12.8 Å². The van der Waals surface area contributed by atoms with Crippen LogP contribution in [0.2, 0.25) is 0 Å². The molecule has 0 aliphatic heterocycles. The molecule has 0 aromatic carbocycles. The zero-order valence-corrected chi connectivity index (χ0v) is 31.8. The lowest BCUT2D eigenvalue weighted by molar-refractivity contribution is -0.161. The highest BCUT2D eigenvalue weighted by atomic mass is 16.6. The summed E-state index contributed by atoms with van der Waals surface area (Å²) in [6.07, 6.45) is 43.1. The number of ether oxygens (including phenoxy) is 2. The molecule has 0 aromatic rings. The van der Waals surface area contributed by atoms with Crippen molar-refractivity contribution in [2.45, 2.75) is 245 Å². The highest BCUT2D eigenvalue weighted by Gasteiger charge is 2.16. The lowest BCUT2D eigenvalue weighted by Crippen LogP contribution is -2.28. The molecule has 0 amide bonds. The first kappa shape index (κ1) is 45.9. The third kappa shape index (κ3) is 37.6. The van der Waals surface area contributed by atoms with Crippen molar-refractivity contribution >= 4 is 11.9 Å². The maximum absolute atomic E-state index is 12.2. The van der Waals surface area contributed by atoms with Crippen molar-refractivity contribution in [2.24, 2.45) is 0 Å². The van der Waals surface area contributed by atoms with Gasteiger partial charge in [0.2, 0.25) is 0 Å². The molecule has 0 fully saturated rings. The predicted octanol–water partition coefficient (Wildman–Crippen LogP) is 13.1. The molecule has 0 saturated heterocycles. The first-order valence-electron chi connectivity index (χ1n) is 21.1. The zero-order valence-electron chi connectivity index (χ0n) is 31.8. The number of rotatable bonds is 39. The van der Waals surface area contributed by atoms with Crippen molar-refractivity contribution in [2.75, 3.05) is 13.2 Å². The van der Waals surface area contributed by atoms with E-state index in [1.165, 1.54) is 180 Å². The fourth-order valence-corrected chi connectivity index (χ4v) is 6.44. The van der Waals surface area contributed by atoms with Crippen molar-refractivity contribution < 1.29 is 24.2 Å². The Hall–Kier alpha value is -1.10. The Balaban J connectivity index is 3.46. The topological polar surface area (TPSA) is 72.8 Å². The normalized spacial score (nSPS) is 12.0. The van der Waals surface area contributed by atoms with Gasteiger partial charge < -0.3 is 14.6 Å². The molecule has 0 aromatic heterocycles. The standard InChI is InChI=1S/C42H82O5/c1-3-5-7-9-11-13-15-17-19-20-21-22-23-25-27-29-31-33-35-37-42(45)47-40(38-43)39-46-41(44)36-34-32-30-28-26-24-18-16-14-12-10-8-6-4-2/h40,43H,3-39H2,1-2H3. The summed E-state index contributed by atoms with van der Waals surface area (Å²) < 4.78 is 10.6. The minimum absolute atomic E-state index is 0.0567. The second-order valence-electron chi connectivity index (χ2n) is 14.4. The summed E-state index contributed by atoms with van der Waals surface area (Å²) in [7, 11) is 0. The summed E-state index contributed by atoms with van der Waals surface area (Å²) >= 11 is 0. The number of carbonyl (C=O) groups is 2. The van der Waals surface area contributed by atoms with Crippen LogP contribution >= 0.6 is 0 Å². The molecular weight excluding hydrogens is 584 g/mol. The van der Waals surface area contributed by atoms with Gasteiger partial charge in [-0.25, -0.2) is 0 Å². The fraction of sp³-hybridized carbons (Fsp3) is 0.952. The lowest BCUT2D eigenvalue weighted by atomic mass is 10.0. The van der Waals surface area contributed by atoms with E-state index in [2.05, 4.69) is 13.8 Å². The molecule has 0 aliphatic rings. The second kappa shape index (κ2) is 39.3. The Morgan fingerprint density at radius 2 is 0.660 bits per heavy atom. The van der Waals surface area contributed by atoms with Gasteiger partial charge in [0.25, 0.3) is 0 Å². The smallest absolute Gasteiger partial charge is 0.306 e. The Morgan fingerprint density at radius 3 is 0.936 bits per heavy atom. The summed E-state index contributed by atoms with van der Waals surface area (Å²) in [6, 6.07) is 0. The molecule has 1 N–H and O–H groups in total. The number of esters is 2. The second-order valence-corrected chi connectivity index (χ2v) is 14.4. The molecule has 0 heterocycles. The zero-order chi connectivity index (χ0) is 34.3. The molecule has 0 saturated carbocycles. The molecule has 1 unspecified atom stereocenters. The highest BCUT2D eigenvalue weighted by molar-refractivity contribution is 5.70. The van der Waals surface area contributed by atoms with Gasteiger partial charge in [-0.15, -0.1) is 0 Å². The number of hydrogen-bond acceptors (Lipinski definition) is 5. The van der Waals surface area contributed by atoms with Gasteiger partial charge in [0.05, 0.1) is 6.61 Å². The first-order valence-corrected chi connectivity index (χ1v) is 21.1. The number of aliphatic hydroxyl groups is 1. The average molecular weight is 667 g/mol. The molecule has 5 nitrogen and oxygen atoms in total. The van der Waals surface area contributed by atoms with Gasteiger partial charge in [0.15, 0.2) is 6.10 Å². The molecule has 1 atom stereocenters. The van der Waals surface area contributed by atoms with E-state index < -0.39 is 6.10 Å². The first-order chi connectivity index (χ1) is 23.1. The number of unbranched alkanes of at least 4 members (excludes halogenated alkanes) is 31. The third-order valence-corrected chi connectivity index (χ3v) is 9.65. The van der Waals surface area contributed by atoms with E-state index in [4.69, 9.17) is 9.47 Å². The van der Waals surface area contributed by atoms with Gasteiger partial charge in [0, 0.05) is 12.8 Å². The quantitative estimate of drug-likeness (QED) is 0.0522. The Kier molecular flexibility index (Phi) is 38.4. The maximum Gasteiger partial charge on any atom is 0.306 e. The van der Waals surface area contributed by atoms with Gasteiger partial charge in [-0.3, -0.25) is 9.59 Å². The van der Waals surface area contributed by atoms with Crippen LogP contribution in [-0.2, 0) is 19.1 Å². The predicted molar refractivity (Wildman–Crippen MR) is 201 cm³/mol. The van der Waals surface area contributed by atoms with Crippen LogP contribution in [0.5, 0.6) is 0 Å². The Labute approximate surface area is 293 Å². The molecule has 5 heteroatoms. The fourth-order valence-electron chi connectivity index (χ4n) is 6.44. The van der Waals surface area contributed by atoms with Gasteiger partial charge in [-0.05, 0) is 12.8 Å². The van der Waals surface area contributed by atoms with Gasteiger partial charge in [0.1, 0.15) is 6.61 Å². The molecule has 47 heavy (non-hydrogen) atoms. The SMILES string of the molecule is CCCCCCCCCCCCCCCCCCCCCC(=O)OC(CO)COC(=O)CCCCCCCCCCCCCCCC. The summed E-state index contributed by atoms with van der Waals surface area (Å²) in [6.45, 7) is 4.17. The van der Waals surface area contributed by atoms with Crippen LogP contribution in [0, 0.1) is 0 Å². The molecular formula is C42H82O5. The van der Waals surface area contributed by atoms with Gasteiger partial charge in [-0.2, -0.15) is 0 Å². The number of hydrogen-bond donors (Lipinski definition) is 1. The minimum atomic E-state index is -0.761. The van der Waals surface area contributed by atoms with Crippen LogP contribution in [0.4, 0.5) is 0 Å². The molecule has 0 aliphatic carbocycles. The highest BCUT2D eigenvalue weighted by Crippen LogP contribution is 2.16. The maximum atomic E-state index is 12.2. The summed E-state index contributed by atoms with van der Waals surface area (Å²) in [4.78, 5) is 24.3. The number of aliphatic hydroxyl groups excluding tert-OH is 1. The van der Waals surface area contributed by atoms with E-state index in [9.17, 15) is 14.7 Å². The lowest BCUT2D eigenvalue weighted by Gasteiger charge is -2.15. The van der Waals surface area contributed by atoms with Crippen LogP contribution in [0.1, 0.15) is 239 Å². The van der Waals surface area contributed by atoms with Gasteiger partial charge in [-0.1, -0.05) is 213 Å². The Morgan fingerprint density at radius 1 is 0.404 bits per heavy atom. The van der Waals surface area contributed by atoms with Crippen molar-refractivity contribution in [1.29, 1.82) is 0 Å². The molecule has 0 spiro atoms. The minimum Gasteiger partial charge on any atom is -0.462 e. The molecule has 0 rings (SSSR count). The number of carbonyl (C=O) groups excluding carboxylic acids is 2. The summed E-state index contributed by atoms with van der Waals surface area (Å²) in [5, 5.41) is 9.56. The van der Waals surface area contributed by atoms with Crippen LogP contribution in [0.25, 0.3) is 0 Å². The van der Waals surface area contributed by atoms with E-state index in [0.717, 1.165) is 32.1 Å². The largest absolute Gasteiger partial charge is 0.462 e. The average Bonchev–Trinajstić information content (AvgIpc) is 3.07. The van der Waals surface area contributed by atoms with Gasteiger partial charge >= 0.3 is 11.9 Å². The van der Waals surface area contributed by atoms with Crippen LogP contribution in [0.3, 0.4) is 0 Å². The van der Waals surface area contributed by atoms with E-state index in [-0.39, 0.29) is 25.2 Å². The molecule has 280 valence electrons. The third-order valence-electron chi connectivity index (χ3n) is 9.65. The summed E-state index contributed by atoms with van der Waals surface area (Å²) in [5.41, 5.74) is 0. The van der Waals surface area contributed by atoms with Crippen LogP contribution < -0.4 is 0 Å². The monoisotopic (exact) mass is 667 g/mol. The van der Waals surface area contributed by atoms with Crippen molar-refractivity contribution in [3.8, 4) is 0 Å². The van der Waals surface area contributed by atoms with E-state index in [1.807, 2.05) is 0 Å². The van der Waals surface area contributed by atoms with Crippen LogP contribution in [0.15, 0.2) is 0 Å².